The molecular formula is C16H15NO. The lowest BCUT2D eigenvalue weighted by Gasteiger charge is -2.16. The number of ether oxygens (including phenoxy) is 1. The number of nitrogens with zero attached hydrogens (tertiary/aromatic N) is 1. The van der Waals surface area contributed by atoms with Crippen LogP contribution in [0.2, 0.25) is 0 Å². The van der Waals surface area contributed by atoms with Gasteiger partial charge in [0.25, 0.3) is 0 Å². The highest BCUT2D eigenvalue weighted by atomic mass is 16.5. The molecule has 90 valence electrons. The number of hydrogen-bond acceptors (Lipinski definition) is 2. The molecule has 2 aromatic rings. The minimum absolute atomic E-state index is 0.0543. The van der Waals surface area contributed by atoms with Crippen LogP contribution >= 0.6 is 0 Å². The maximum atomic E-state index is 5.93. The van der Waals surface area contributed by atoms with Gasteiger partial charge < -0.3 is 4.74 Å². The second-order valence-corrected chi connectivity index (χ2v) is 4.48. The third-order valence-corrected chi connectivity index (χ3v) is 3.16. The first-order valence-electron chi connectivity index (χ1n) is 6.18. The molecule has 2 aromatic carbocycles. The molecule has 0 spiro atoms. The summed E-state index contributed by atoms with van der Waals surface area (Å²) < 4.78 is 5.93. The molecule has 2 heteroatoms. The van der Waals surface area contributed by atoms with Crippen molar-refractivity contribution in [1.82, 2.24) is 0 Å². The maximum absolute atomic E-state index is 5.93. The zero-order chi connectivity index (χ0) is 12.4. The van der Waals surface area contributed by atoms with E-state index in [0.717, 1.165) is 18.0 Å². The van der Waals surface area contributed by atoms with E-state index in [4.69, 9.17) is 4.74 Å². The van der Waals surface area contributed by atoms with Crippen LogP contribution < -0.4 is 0 Å². The number of hydrogen-bond donors (Lipinski definition) is 0. The monoisotopic (exact) mass is 237 g/mol. The van der Waals surface area contributed by atoms with Crippen LogP contribution in [0.4, 0.5) is 5.69 Å². The Bertz CT molecular complexity index is 575. The van der Waals surface area contributed by atoms with Gasteiger partial charge in [-0.25, -0.2) is 4.99 Å². The van der Waals surface area contributed by atoms with Crippen molar-refractivity contribution in [2.24, 2.45) is 4.99 Å². The summed E-state index contributed by atoms with van der Waals surface area (Å²) in [5.74, 6) is 0.730. The van der Waals surface area contributed by atoms with Gasteiger partial charge in [0.05, 0.1) is 5.69 Å². The van der Waals surface area contributed by atoms with Crippen molar-refractivity contribution in [2.45, 2.75) is 19.4 Å². The molecular weight excluding hydrogens is 222 g/mol. The van der Waals surface area contributed by atoms with Gasteiger partial charge in [-0.05, 0) is 17.2 Å². The van der Waals surface area contributed by atoms with Gasteiger partial charge in [0.15, 0.2) is 5.90 Å². The van der Waals surface area contributed by atoms with Gasteiger partial charge in [-0.3, -0.25) is 0 Å². The fraction of sp³-hybridized carbons (Fsp3) is 0.188. The summed E-state index contributed by atoms with van der Waals surface area (Å²) in [4.78, 5) is 4.51. The molecule has 3 rings (SSSR count). The van der Waals surface area contributed by atoms with E-state index in [0.29, 0.717) is 0 Å². The smallest absolute Gasteiger partial charge is 0.185 e. The first kappa shape index (κ1) is 11.0. The molecule has 0 fully saturated rings. The highest BCUT2D eigenvalue weighted by molar-refractivity contribution is 5.78. The van der Waals surface area contributed by atoms with Crippen LogP contribution in [0.15, 0.2) is 59.6 Å². The fourth-order valence-corrected chi connectivity index (χ4v) is 2.29. The Hall–Kier alpha value is -2.09. The molecule has 0 radical (unpaired) electrons. The quantitative estimate of drug-likeness (QED) is 0.733. The lowest BCUT2D eigenvalue weighted by atomic mass is 10.0. The van der Waals surface area contributed by atoms with Gasteiger partial charge in [-0.2, -0.15) is 0 Å². The Morgan fingerprint density at radius 1 is 1.00 bits per heavy atom. The molecule has 0 aromatic heterocycles. The molecule has 1 heterocycles. The molecule has 1 atom stereocenters. The first-order valence-corrected chi connectivity index (χ1v) is 6.18. The topological polar surface area (TPSA) is 21.6 Å². The summed E-state index contributed by atoms with van der Waals surface area (Å²) >= 11 is 0. The van der Waals surface area contributed by atoms with E-state index in [-0.39, 0.29) is 6.10 Å². The Kier molecular flexibility index (Phi) is 2.85. The van der Waals surface area contributed by atoms with Crippen LogP contribution in [0, 0.1) is 0 Å². The van der Waals surface area contributed by atoms with E-state index < -0.39 is 0 Å². The number of rotatable bonds is 1. The SMILES string of the molecule is CC1=Nc2ccccc2CC(c2ccccc2)O1. The molecule has 0 amide bonds. The minimum Gasteiger partial charge on any atom is -0.473 e. The molecule has 0 saturated heterocycles. The van der Waals surface area contributed by atoms with Gasteiger partial charge in [-0.1, -0.05) is 48.5 Å². The molecule has 1 unspecified atom stereocenters. The third kappa shape index (κ3) is 2.14. The van der Waals surface area contributed by atoms with Crippen molar-refractivity contribution < 1.29 is 4.74 Å². The summed E-state index contributed by atoms with van der Waals surface area (Å²) in [6.07, 6.45) is 0.916. The van der Waals surface area contributed by atoms with Crippen molar-refractivity contribution in [1.29, 1.82) is 0 Å². The van der Waals surface area contributed by atoms with Gasteiger partial charge in [-0.15, -0.1) is 0 Å². The van der Waals surface area contributed by atoms with Gasteiger partial charge in [0, 0.05) is 13.3 Å². The average Bonchev–Trinajstić information content (AvgIpc) is 2.57. The molecule has 18 heavy (non-hydrogen) atoms. The third-order valence-electron chi connectivity index (χ3n) is 3.16. The second kappa shape index (κ2) is 4.65. The zero-order valence-corrected chi connectivity index (χ0v) is 10.3. The zero-order valence-electron chi connectivity index (χ0n) is 10.3. The fourth-order valence-electron chi connectivity index (χ4n) is 2.29. The number of benzene rings is 2. The Labute approximate surface area is 107 Å². The minimum atomic E-state index is 0.0543. The summed E-state index contributed by atoms with van der Waals surface area (Å²) in [7, 11) is 0. The molecule has 1 aliphatic heterocycles. The van der Waals surface area contributed by atoms with E-state index >= 15 is 0 Å². The standard InChI is InChI=1S/C16H15NO/c1-12-17-15-10-6-5-9-14(15)11-16(18-12)13-7-3-2-4-8-13/h2-10,16H,11H2,1H3. The molecule has 2 nitrogen and oxygen atoms in total. The Balaban J connectivity index is 2.00. The van der Waals surface area contributed by atoms with Crippen LogP contribution in [0.5, 0.6) is 0 Å². The molecule has 0 aliphatic carbocycles. The summed E-state index contributed by atoms with van der Waals surface area (Å²) in [5.41, 5.74) is 3.46. The second-order valence-electron chi connectivity index (χ2n) is 4.48. The molecule has 0 saturated carbocycles. The van der Waals surface area contributed by atoms with Crippen LogP contribution in [0.3, 0.4) is 0 Å². The number of fused-ring (bicyclic) bond motifs is 1. The molecule has 0 N–H and O–H groups in total. The Morgan fingerprint density at radius 2 is 1.72 bits per heavy atom. The summed E-state index contributed by atoms with van der Waals surface area (Å²) in [6.45, 7) is 1.91. The van der Waals surface area contributed by atoms with Crippen LogP contribution in [-0.2, 0) is 11.2 Å². The van der Waals surface area contributed by atoms with Crippen molar-refractivity contribution in [3.8, 4) is 0 Å². The predicted octanol–water partition coefficient (Wildman–Crippen LogP) is 4.05. The van der Waals surface area contributed by atoms with Crippen LogP contribution in [0.1, 0.15) is 24.2 Å². The number of aliphatic imine (C=N–C) groups is 1. The van der Waals surface area contributed by atoms with Crippen molar-refractivity contribution in [3.05, 3.63) is 65.7 Å². The van der Waals surface area contributed by atoms with Crippen molar-refractivity contribution >= 4 is 11.6 Å². The van der Waals surface area contributed by atoms with Gasteiger partial charge in [0.2, 0.25) is 0 Å². The number of para-hydroxylation sites is 1. The van der Waals surface area contributed by atoms with E-state index in [1.54, 1.807) is 0 Å². The van der Waals surface area contributed by atoms with Crippen molar-refractivity contribution in [3.63, 3.8) is 0 Å². The lowest BCUT2D eigenvalue weighted by molar-refractivity contribution is 0.193. The average molecular weight is 237 g/mol. The van der Waals surface area contributed by atoms with Crippen molar-refractivity contribution in [2.75, 3.05) is 0 Å². The van der Waals surface area contributed by atoms with E-state index in [9.17, 15) is 0 Å². The molecule has 1 aliphatic rings. The van der Waals surface area contributed by atoms with Gasteiger partial charge in [0.1, 0.15) is 6.10 Å². The van der Waals surface area contributed by atoms with E-state index in [1.807, 2.05) is 37.3 Å². The highest BCUT2D eigenvalue weighted by Crippen LogP contribution is 2.31. The Morgan fingerprint density at radius 3 is 2.56 bits per heavy atom. The summed E-state index contributed by atoms with van der Waals surface area (Å²) in [6, 6.07) is 18.5. The first-order chi connectivity index (χ1) is 8.83. The maximum Gasteiger partial charge on any atom is 0.185 e. The summed E-state index contributed by atoms with van der Waals surface area (Å²) in [5, 5.41) is 0. The molecule has 0 bridgehead atoms. The van der Waals surface area contributed by atoms with Crippen LogP contribution in [0.25, 0.3) is 0 Å². The van der Waals surface area contributed by atoms with E-state index in [1.165, 1.54) is 11.1 Å². The van der Waals surface area contributed by atoms with Crippen LogP contribution in [-0.4, -0.2) is 5.90 Å². The normalized spacial score (nSPS) is 18.3. The highest BCUT2D eigenvalue weighted by Gasteiger charge is 2.19. The van der Waals surface area contributed by atoms with E-state index in [2.05, 4.69) is 29.3 Å². The predicted molar refractivity (Wildman–Crippen MR) is 73.2 cm³/mol. The van der Waals surface area contributed by atoms with Gasteiger partial charge >= 0.3 is 0 Å². The largest absolute Gasteiger partial charge is 0.473 e. The lowest BCUT2D eigenvalue weighted by Crippen LogP contribution is -2.09.